The third-order valence-corrected chi connectivity index (χ3v) is 3.47. The van der Waals surface area contributed by atoms with Crippen LogP contribution in [0.4, 0.5) is 0 Å². The Bertz CT molecular complexity index is 369. The molecule has 17 heavy (non-hydrogen) atoms. The summed E-state index contributed by atoms with van der Waals surface area (Å²) >= 11 is 0. The van der Waals surface area contributed by atoms with E-state index in [1.807, 2.05) is 0 Å². The van der Waals surface area contributed by atoms with E-state index in [1.54, 1.807) is 0 Å². The lowest BCUT2D eigenvalue weighted by Crippen LogP contribution is -2.33. The molecular formula is C16H23N. The van der Waals surface area contributed by atoms with Gasteiger partial charge in [-0.3, -0.25) is 0 Å². The summed E-state index contributed by atoms with van der Waals surface area (Å²) in [6.45, 7) is 5.57. The summed E-state index contributed by atoms with van der Waals surface area (Å²) in [5.41, 5.74) is 4.13. The third kappa shape index (κ3) is 4.01. The molecule has 0 saturated carbocycles. The lowest BCUT2D eigenvalue weighted by Gasteiger charge is -2.23. The second-order valence-electron chi connectivity index (χ2n) is 5.25. The zero-order chi connectivity index (χ0) is 12.1. The Hall–Kier alpha value is -1.08. The lowest BCUT2D eigenvalue weighted by molar-refractivity contribution is 0.399. The first-order valence-corrected chi connectivity index (χ1v) is 6.71. The fourth-order valence-electron chi connectivity index (χ4n) is 2.49. The van der Waals surface area contributed by atoms with Crippen molar-refractivity contribution in [2.45, 2.75) is 45.6 Å². The van der Waals surface area contributed by atoms with Crippen molar-refractivity contribution in [2.24, 2.45) is 0 Å². The van der Waals surface area contributed by atoms with Crippen LogP contribution in [0, 0.1) is 6.92 Å². The van der Waals surface area contributed by atoms with E-state index < -0.39 is 0 Å². The molecule has 0 bridgehead atoms. The van der Waals surface area contributed by atoms with Crippen LogP contribution < -0.4 is 5.32 Å². The van der Waals surface area contributed by atoms with Crippen LogP contribution in [0.3, 0.4) is 0 Å². The molecule has 1 aliphatic rings. The maximum Gasteiger partial charge on any atom is 0.0104 e. The average Bonchev–Trinajstić information content (AvgIpc) is 2.33. The molecule has 0 radical (unpaired) electrons. The Morgan fingerprint density at radius 3 is 2.71 bits per heavy atom. The van der Waals surface area contributed by atoms with Gasteiger partial charge in [0.25, 0.3) is 0 Å². The normalized spacial score (nSPS) is 21.5. The minimum atomic E-state index is 0.699. The molecule has 1 aromatic carbocycles. The molecule has 1 fully saturated rings. The molecule has 0 aliphatic carbocycles. The van der Waals surface area contributed by atoms with E-state index >= 15 is 0 Å². The van der Waals surface area contributed by atoms with Crippen LogP contribution in [-0.4, -0.2) is 12.6 Å². The van der Waals surface area contributed by atoms with Gasteiger partial charge in [0.1, 0.15) is 0 Å². The van der Waals surface area contributed by atoms with Gasteiger partial charge in [-0.25, -0.2) is 0 Å². The summed E-state index contributed by atoms with van der Waals surface area (Å²) in [5.74, 6) is 0. The minimum Gasteiger partial charge on any atom is -0.314 e. The average molecular weight is 229 g/mol. The Labute approximate surface area is 105 Å². The molecule has 1 unspecified atom stereocenters. The van der Waals surface area contributed by atoms with E-state index in [-0.39, 0.29) is 0 Å². The molecule has 1 heteroatoms. The van der Waals surface area contributed by atoms with Gasteiger partial charge in [-0.05, 0) is 45.2 Å². The van der Waals surface area contributed by atoms with Crippen LogP contribution >= 0.6 is 0 Å². The van der Waals surface area contributed by atoms with Gasteiger partial charge in [0.2, 0.25) is 0 Å². The van der Waals surface area contributed by atoms with Crippen LogP contribution in [0.1, 0.15) is 43.7 Å². The minimum absolute atomic E-state index is 0.699. The molecule has 0 spiro atoms. The van der Waals surface area contributed by atoms with E-state index in [1.165, 1.54) is 48.9 Å². The summed E-state index contributed by atoms with van der Waals surface area (Å²) in [6.07, 6.45) is 7.56. The van der Waals surface area contributed by atoms with Gasteiger partial charge >= 0.3 is 0 Å². The van der Waals surface area contributed by atoms with Crippen molar-refractivity contribution in [2.75, 3.05) is 6.54 Å². The van der Waals surface area contributed by atoms with Gasteiger partial charge in [-0.1, -0.05) is 47.9 Å². The lowest BCUT2D eigenvalue weighted by atomic mass is 9.97. The second kappa shape index (κ2) is 6.02. The molecule has 1 atom stereocenters. The van der Waals surface area contributed by atoms with Gasteiger partial charge in [-0.15, -0.1) is 0 Å². The fourth-order valence-corrected chi connectivity index (χ4v) is 2.49. The zero-order valence-corrected chi connectivity index (χ0v) is 11.0. The SMILES string of the molecule is C/C(=C/c1ccc(C)cc1)CC1CCCCN1. The molecular weight excluding hydrogens is 206 g/mol. The molecule has 92 valence electrons. The Morgan fingerprint density at radius 1 is 1.29 bits per heavy atom. The van der Waals surface area contributed by atoms with Crippen LogP contribution in [-0.2, 0) is 0 Å². The first-order chi connectivity index (χ1) is 8.24. The number of aryl methyl sites for hydroxylation is 1. The maximum absolute atomic E-state index is 3.60. The summed E-state index contributed by atoms with van der Waals surface area (Å²) in [4.78, 5) is 0. The molecule has 1 nitrogen and oxygen atoms in total. The molecule has 1 saturated heterocycles. The van der Waals surface area contributed by atoms with Gasteiger partial charge in [0.15, 0.2) is 0 Å². The highest BCUT2D eigenvalue weighted by molar-refractivity contribution is 5.52. The van der Waals surface area contributed by atoms with Crippen molar-refractivity contribution < 1.29 is 0 Å². The van der Waals surface area contributed by atoms with Crippen LogP contribution in [0.15, 0.2) is 29.8 Å². The van der Waals surface area contributed by atoms with Crippen molar-refractivity contribution in [3.63, 3.8) is 0 Å². The van der Waals surface area contributed by atoms with Crippen molar-refractivity contribution >= 4 is 6.08 Å². The molecule has 1 heterocycles. The topological polar surface area (TPSA) is 12.0 Å². The Morgan fingerprint density at radius 2 is 2.06 bits per heavy atom. The third-order valence-electron chi connectivity index (χ3n) is 3.47. The summed E-state index contributed by atoms with van der Waals surface area (Å²) in [5, 5.41) is 3.60. The molecule has 1 N–H and O–H groups in total. The van der Waals surface area contributed by atoms with Crippen LogP contribution in [0.25, 0.3) is 6.08 Å². The van der Waals surface area contributed by atoms with E-state index in [2.05, 4.69) is 49.5 Å². The molecule has 0 amide bonds. The molecule has 2 rings (SSSR count). The van der Waals surface area contributed by atoms with Crippen molar-refractivity contribution in [3.8, 4) is 0 Å². The number of hydrogen-bond acceptors (Lipinski definition) is 1. The maximum atomic E-state index is 3.60. The van der Waals surface area contributed by atoms with Crippen LogP contribution in [0.2, 0.25) is 0 Å². The Balaban J connectivity index is 1.93. The van der Waals surface area contributed by atoms with E-state index in [4.69, 9.17) is 0 Å². The summed E-state index contributed by atoms with van der Waals surface area (Å²) < 4.78 is 0. The first-order valence-electron chi connectivity index (χ1n) is 6.71. The quantitative estimate of drug-likeness (QED) is 0.828. The Kier molecular flexibility index (Phi) is 4.38. The van der Waals surface area contributed by atoms with Crippen molar-refractivity contribution in [1.29, 1.82) is 0 Å². The number of rotatable bonds is 3. The van der Waals surface area contributed by atoms with Gasteiger partial charge in [0.05, 0.1) is 0 Å². The van der Waals surface area contributed by atoms with E-state index in [0.29, 0.717) is 6.04 Å². The van der Waals surface area contributed by atoms with E-state index in [9.17, 15) is 0 Å². The number of benzene rings is 1. The van der Waals surface area contributed by atoms with Gasteiger partial charge < -0.3 is 5.32 Å². The fraction of sp³-hybridized carbons (Fsp3) is 0.500. The number of hydrogen-bond donors (Lipinski definition) is 1. The van der Waals surface area contributed by atoms with Crippen molar-refractivity contribution in [1.82, 2.24) is 5.32 Å². The smallest absolute Gasteiger partial charge is 0.0104 e. The zero-order valence-electron chi connectivity index (χ0n) is 11.0. The number of piperidine rings is 1. The molecule has 0 aromatic heterocycles. The van der Waals surface area contributed by atoms with Crippen LogP contribution in [0.5, 0.6) is 0 Å². The summed E-state index contributed by atoms with van der Waals surface area (Å²) in [6, 6.07) is 9.46. The molecule has 1 aliphatic heterocycles. The second-order valence-corrected chi connectivity index (χ2v) is 5.25. The van der Waals surface area contributed by atoms with Gasteiger partial charge in [0, 0.05) is 6.04 Å². The van der Waals surface area contributed by atoms with E-state index in [0.717, 1.165) is 0 Å². The predicted molar refractivity (Wildman–Crippen MR) is 75.1 cm³/mol. The molecule has 1 aromatic rings. The summed E-state index contributed by atoms with van der Waals surface area (Å²) in [7, 11) is 0. The largest absolute Gasteiger partial charge is 0.314 e. The highest BCUT2D eigenvalue weighted by Crippen LogP contribution is 2.17. The monoisotopic (exact) mass is 229 g/mol. The van der Waals surface area contributed by atoms with Gasteiger partial charge in [-0.2, -0.15) is 0 Å². The predicted octanol–water partition coefficient (Wildman–Crippen LogP) is 3.93. The van der Waals surface area contributed by atoms with Crippen molar-refractivity contribution in [3.05, 3.63) is 41.0 Å². The first kappa shape index (κ1) is 12.4. The standard InChI is InChI=1S/C16H23N/c1-13-6-8-15(9-7-13)11-14(2)12-16-5-3-4-10-17-16/h6-9,11,16-17H,3-5,10,12H2,1-2H3/b14-11-. The highest BCUT2D eigenvalue weighted by Gasteiger charge is 2.12. The number of nitrogens with one attached hydrogen (secondary N) is 1. The highest BCUT2D eigenvalue weighted by atomic mass is 14.9.